The number of pyridine rings is 1. The molecule has 38 heavy (non-hydrogen) atoms. The lowest BCUT2D eigenvalue weighted by atomic mass is 9.73. The lowest BCUT2D eigenvalue weighted by Crippen LogP contribution is -2.46. The molecule has 0 unspecified atom stereocenters. The van der Waals surface area contributed by atoms with Crippen molar-refractivity contribution in [3.63, 3.8) is 0 Å². The minimum absolute atomic E-state index is 0.0563. The molecule has 3 N–H and O–H groups in total. The van der Waals surface area contributed by atoms with E-state index in [1.165, 1.54) is 6.07 Å². The Morgan fingerprint density at radius 1 is 1.21 bits per heavy atom. The van der Waals surface area contributed by atoms with Crippen molar-refractivity contribution in [3.05, 3.63) is 69.5 Å². The van der Waals surface area contributed by atoms with Crippen molar-refractivity contribution in [1.29, 1.82) is 0 Å². The van der Waals surface area contributed by atoms with Gasteiger partial charge in [0.1, 0.15) is 17.5 Å². The maximum Gasteiger partial charge on any atom is 0.310 e. The molecule has 2 aliphatic heterocycles. The Labute approximate surface area is 224 Å². The van der Waals surface area contributed by atoms with Crippen LogP contribution in [0.1, 0.15) is 42.3 Å². The second-order valence-corrected chi connectivity index (χ2v) is 11.1. The Bertz CT molecular complexity index is 1350. The van der Waals surface area contributed by atoms with E-state index < -0.39 is 28.4 Å². The van der Waals surface area contributed by atoms with Gasteiger partial charge in [-0.25, -0.2) is 13.8 Å². The quantitative estimate of drug-likeness (QED) is 0.366. The smallest absolute Gasteiger partial charge is 0.310 e. The molecule has 3 aromatic rings. The molecule has 5 rings (SSSR count). The lowest BCUT2D eigenvalue weighted by molar-refractivity contribution is -0.152. The zero-order chi connectivity index (χ0) is 27.1. The molecule has 2 aliphatic rings. The minimum Gasteiger partial charge on any atom is -0.481 e. The summed E-state index contributed by atoms with van der Waals surface area (Å²) >= 11 is 5.92. The lowest BCUT2D eigenvalue weighted by Gasteiger charge is -2.40. The maximum absolute atomic E-state index is 15.9. The van der Waals surface area contributed by atoms with Crippen LogP contribution in [0.2, 0.25) is 5.02 Å². The molecule has 0 bridgehead atoms. The number of carboxylic acid groups (broad SMARTS) is 1. The van der Waals surface area contributed by atoms with Gasteiger partial charge in [0.15, 0.2) is 5.82 Å². The summed E-state index contributed by atoms with van der Waals surface area (Å²) in [7, 11) is 0. The number of nitrogens with one attached hydrogen (secondary N) is 2. The van der Waals surface area contributed by atoms with Crippen molar-refractivity contribution >= 4 is 29.2 Å². The van der Waals surface area contributed by atoms with E-state index in [0.29, 0.717) is 55.6 Å². The summed E-state index contributed by atoms with van der Waals surface area (Å²) in [5, 5.41) is 20.5. The third kappa shape index (κ3) is 5.12. The summed E-state index contributed by atoms with van der Waals surface area (Å²) in [6.07, 6.45) is 0.488. The van der Waals surface area contributed by atoms with Crippen molar-refractivity contribution in [1.82, 2.24) is 20.1 Å². The number of hydrogen-bond acceptors (Lipinski definition) is 6. The molecule has 0 aliphatic carbocycles. The molecule has 2 fully saturated rings. The maximum atomic E-state index is 15.9. The number of carboxylic acids is 1. The van der Waals surface area contributed by atoms with Crippen molar-refractivity contribution in [2.24, 2.45) is 5.41 Å². The summed E-state index contributed by atoms with van der Waals surface area (Å²) < 4.78 is 35.7. The summed E-state index contributed by atoms with van der Waals surface area (Å²) in [6.45, 7) is 5.68. The first-order chi connectivity index (χ1) is 18.1. The highest BCUT2D eigenvalue weighted by Crippen LogP contribution is 2.40. The predicted molar refractivity (Wildman–Crippen MR) is 139 cm³/mol. The van der Waals surface area contributed by atoms with Crippen molar-refractivity contribution < 1.29 is 23.4 Å². The second kappa shape index (κ2) is 10.2. The van der Waals surface area contributed by atoms with Gasteiger partial charge in [-0.05, 0) is 45.0 Å². The third-order valence-electron chi connectivity index (χ3n) is 7.68. The average molecular weight is 546 g/mol. The molecule has 2 aromatic heterocycles. The van der Waals surface area contributed by atoms with E-state index in [-0.39, 0.29) is 30.0 Å². The highest BCUT2D eigenvalue weighted by molar-refractivity contribution is 6.30. The van der Waals surface area contributed by atoms with E-state index >= 15 is 4.39 Å². The second-order valence-electron chi connectivity index (χ2n) is 10.7. The van der Waals surface area contributed by atoms with Crippen molar-refractivity contribution in [2.75, 3.05) is 31.6 Å². The minimum atomic E-state index is -1.20. The van der Waals surface area contributed by atoms with Crippen molar-refractivity contribution in [2.45, 2.75) is 45.1 Å². The fourth-order valence-electron chi connectivity index (χ4n) is 5.22. The normalized spacial score (nSPS) is 18.7. The summed E-state index contributed by atoms with van der Waals surface area (Å²) in [4.78, 5) is 19.1. The number of benzene rings is 1. The third-order valence-corrected chi connectivity index (χ3v) is 7.97. The van der Waals surface area contributed by atoms with Gasteiger partial charge in [0.05, 0.1) is 29.3 Å². The first-order valence-corrected chi connectivity index (χ1v) is 12.9. The molecule has 0 amide bonds. The Hall–Kier alpha value is -3.08. The fourth-order valence-corrected chi connectivity index (χ4v) is 5.41. The number of anilines is 2. The van der Waals surface area contributed by atoms with Crippen LogP contribution >= 0.6 is 11.6 Å². The van der Waals surface area contributed by atoms with Crippen LogP contribution in [0.25, 0.3) is 0 Å². The molecule has 0 atom stereocenters. The largest absolute Gasteiger partial charge is 0.481 e. The monoisotopic (exact) mass is 545 g/mol. The highest BCUT2D eigenvalue weighted by atomic mass is 35.5. The molecule has 2 saturated heterocycles. The first kappa shape index (κ1) is 26.5. The number of likely N-dealkylation sites (tertiary alicyclic amines) is 1. The van der Waals surface area contributed by atoms with Gasteiger partial charge in [0.25, 0.3) is 0 Å². The molecular weight excluding hydrogens is 516 g/mol. The van der Waals surface area contributed by atoms with Gasteiger partial charge in [-0.1, -0.05) is 30.7 Å². The van der Waals surface area contributed by atoms with Gasteiger partial charge < -0.3 is 15.2 Å². The zero-order valence-electron chi connectivity index (χ0n) is 21.3. The van der Waals surface area contributed by atoms with Crippen LogP contribution in [0, 0.1) is 24.0 Å². The van der Waals surface area contributed by atoms with Gasteiger partial charge in [-0.3, -0.25) is 14.8 Å². The number of nitrogens with zero attached hydrogens (tertiary/aromatic N) is 3. The van der Waals surface area contributed by atoms with Crippen LogP contribution in [0.4, 0.5) is 20.4 Å². The van der Waals surface area contributed by atoms with Crippen molar-refractivity contribution in [3.8, 4) is 0 Å². The SMILES string of the molecule is Cc1cc(Nc2cc(C3(C)COC3)c(F)c(CC3(C(=O)O)CCN(Cc4cccc(Cl)c4F)CC3)n2)n[nH]1. The van der Waals surface area contributed by atoms with Crippen LogP contribution < -0.4 is 5.32 Å². The van der Waals surface area contributed by atoms with Gasteiger partial charge >= 0.3 is 5.97 Å². The number of aromatic amines is 1. The summed E-state index contributed by atoms with van der Waals surface area (Å²) in [6, 6.07) is 8.31. The molecular formula is C27H30ClF2N5O3. The molecule has 202 valence electrons. The van der Waals surface area contributed by atoms with E-state index in [1.807, 2.05) is 18.7 Å². The summed E-state index contributed by atoms with van der Waals surface area (Å²) in [5.41, 5.74) is 0.123. The molecule has 8 nitrogen and oxygen atoms in total. The van der Waals surface area contributed by atoms with Crippen LogP contribution in [0.5, 0.6) is 0 Å². The van der Waals surface area contributed by atoms with Crippen LogP contribution in [0.15, 0.2) is 30.3 Å². The molecule has 1 aromatic carbocycles. The number of ether oxygens (including phenoxy) is 1. The predicted octanol–water partition coefficient (Wildman–Crippen LogP) is 4.99. The topological polar surface area (TPSA) is 103 Å². The van der Waals surface area contributed by atoms with Gasteiger partial charge in [-0.15, -0.1) is 0 Å². The standard InChI is InChI=1S/C27H30ClF2N5O3/c1-16-10-22(34-33-16)32-21-11-18(26(2)14-38-15-26)24(30)20(31-21)12-27(25(36)37)6-8-35(9-7-27)13-17-4-3-5-19(28)23(17)29/h3-5,10-11H,6-9,12-15H2,1-2H3,(H,36,37)(H2,31,32,33,34). The van der Waals surface area contributed by atoms with Gasteiger partial charge in [0, 0.05) is 41.3 Å². The number of hydrogen-bond donors (Lipinski definition) is 3. The Kier molecular flexibility index (Phi) is 7.15. The van der Waals surface area contributed by atoms with E-state index in [4.69, 9.17) is 16.3 Å². The van der Waals surface area contributed by atoms with Crippen LogP contribution in [0.3, 0.4) is 0 Å². The van der Waals surface area contributed by atoms with E-state index in [2.05, 4.69) is 20.5 Å². The van der Waals surface area contributed by atoms with Gasteiger partial charge in [0.2, 0.25) is 0 Å². The van der Waals surface area contributed by atoms with Crippen LogP contribution in [-0.4, -0.2) is 57.5 Å². The molecule has 0 radical (unpaired) electrons. The average Bonchev–Trinajstić information content (AvgIpc) is 3.27. The van der Waals surface area contributed by atoms with E-state index in [0.717, 1.165) is 5.69 Å². The molecule has 0 spiro atoms. The number of aryl methyl sites for hydroxylation is 1. The number of piperidine rings is 1. The first-order valence-electron chi connectivity index (χ1n) is 12.5. The number of rotatable bonds is 8. The number of carbonyl (C=O) groups is 1. The highest BCUT2D eigenvalue weighted by Gasteiger charge is 2.44. The molecule has 0 saturated carbocycles. The number of aromatic nitrogens is 3. The number of H-pyrrole nitrogens is 1. The number of aliphatic carboxylic acids is 1. The Morgan fingerprint density at radius 2 is 1.95 bits per heavy atom. The molecule has 4 heterocycles. The molecule has 11 heteroatoms. The van der Waals surface area contributed by atoms with E-state index in [9.17, 15) is 14.3 Å². The number of halogens is 3. The van der Waals surface area contributed by atoms with Crippen LogP contribution in [-0.2, 0) is 27.9 Å². The zero-order valence-corrected chi connectivity index (χ0v) is 22.0. The Morgan fingerprint density at radius 3 is 2.55 bits per heavy atom. The van der Waals surface area contributed by atoms with E-state index in [1.54, 1.807) is 24.3 Å². The summed E-state index contributed by atoms with van der Waals surface area (Å²) in [5.74, 6) is -1.03. The fraction of sp³-hybridized carbons (Fsp3) is 0.444. The Balaban J connectivity index is 1.40. The van der Waals surface area contributed by atoms with Gasteiger partial charge in [-0.2, -0.15) is 5.10 Å².